The molecule has 0 saturated carbocycles. The Morgan fingerprint density at radius 2 is 2.08 bits per heavy atom. The van der Waals surface area contributed by atoms with Crippen molar-refractivity contribution in [3.05, 3.63) is 53.3 Å². The number of pyridine rings is 1. The molecule has 0 bridgehead atoms. The second-order valence-electron chi connectivity index (χ2n) is 5.25. The van der Waals surface area contributed by atoms with Crippen LogP contribution >= 0.6 is 15.9 Å². The molecule has 1 atom stereocenters. The molecule has 1 aromatic carbocycles. The van der Waals surface area contributed by atoms with Gasteiger partial charge in [-0.1, -0.05) is 11.2 Å². The van der Waals surface area contributed by atoms with E-state index >= 15 is 0 Å². The number of alkyl halides is 3. The Bertz CT molecular complexity index is 793. The van der Waals surface area contributed by atoms with Crippen LogP contribution in [0.1, 0.15) is 29.3 Å². The van der Waals surface area contributed by atoms with Crippen molar-refractivity contribution in [3.63, 3.8) is 0 Å². The Hall–Kier alpha value is -2.09. The van der Waals surface area contributed by atoms with Crippen LogP contribution in [0.3, 0.4) is 0 Å². The highest BCUT2D eigenvalue weighted by molar-refractivity contribution is 9.18. The first-order valence-electron chi connectivity index (χ1n) is 7.03. The van der Waals surface area contributed by atoms with Crippen LogP contribution in [-0.4, -0.2) is 9.60 Å². The minimum atomic E-state index is -4.42. The topological polar surface area (TPSA) is 43.7 Å². The molecule has 24 heavy (non-hydrogen) atoms. The highest BCUT2D eigenvalue weighted by atomic mass is 79.9. The molecule has 0 spiro atoms. The number of hydrogen-bond acceptors (Lipinski definition) is 4. The summed E-state index contributed by atoms with van der Waals surface area (Å²) in [5.74, 6) is 0.468. The van der Waals surface area contributed by atoms with Gasteiger partial charge in [0, 0.05) is 18.2 Å². The molecule has 1 aliphatic heterocycles. The van der Waals surface area contributed by atoms with Crippen LogP contribution in [0.15, 0.2) is 41.7 Å². The molecular formula is C16H12BrF3N2O2. The predicted molar refractivity (Wildman–Crippen MR) is 85.3 cm³/mol. The highest BCUT2D eigenvalue weighted by Crippen LogP contribution is 2.35. The third kappa shape index (κ3) is 3.69. The van der Waals surface area contributed by atoms with Gasteiger partial charge >= 0.3 is 6.18 Å². The van der Waals surface area contributed by atoms with Crippen molar-refractivity contribution in [1.82, 2.24) is 4.98 Å². The molecule has 0 saturated heterocycles. The van der Waals surface area contributed by atoms with Crippen LogP contribution in [0.5, 0.6) is 11.5 Å². The molecular weight excluding hydrogens is 389 g/mol. The highest BCUT2D eigenvalue weighted by Gasteiger charge is 2.30. The molecule has 8 heteroatoms. The minimum Gasteiger partial charge on any atom is -0.455 e. The fourth-order valence-corrected chi connectivity index (χ4v) is 2.58. The molecule has 0 amide bonds. The second-order valence-corrected chi connectivity index (χ2v) is 6.16. The van der Waals surface area contributed by atoms with Crippen molar-refractivity contribution < 1.29 is 22.7 Å². The molecule has 1 aliphatic rings. The van der Waals surface area contributed by atoms with Crippen LogP contribution < -0.4 is 4.74 Å². The third-order valence-electron chi connectivity index (χ3n) is 3.46. The molecule has 1 aromatic heterocycles. The van der Waals surface area contributed by atoms with E-state index < -0.39 is 11.7 Å². The molecule has 0 N–H and O–H groups in total. The van der Waals surface area contributed by atoms with Gasteiger partial charge in [0.15, 0.2) is 6.10 Å². The zero-order valence-corrected chi connectivity index (χ0v) is 14.1. The zero-order valence-electron chi connectivity index (χ0n) is 12.5. The number of hydrogen-bond donors (Lipinski definition) is 0. The minimum absolute atomic E-state index is 0.0941. The Morgan fingerprint density at radius 1 is 1.29 bits per heavy atom. The number of benzene rings is 1. The van der Waals surface area contributed by atoms with Crippen LogP contribution in [0, 0.1) is 6.92 Å². The molecule has 0 fully saturated rings. The van der Waals surface area contributed by atoms with Crippen molar-refractivity contribution in [2.45, 2.75) is 25.6 Å². The smallest absolute Gasteiger partial charge is 0.416 e. The first-order chi connectivity index (χ1) is 11.3. The lowest BCUT2D eigenvalue weighted by molar-refractivity contribution is -0.137. The molecule has 126 valence electrons. The second kappa shape index (κ2) is 6.43. The number of oxime groups is 1. The van der Waals surface area contributed by atoms with E-state index in [-0.39, 0.29) is 11.9 Å². The summed E-state index contributed by atoms with van der Waals surface area (Å²) in [5.41, 5.74) is 0.535. The molecule has 1 unspecified atom stereocenters. The maximum Gasteiger partial charge on any atom is 0.416 e. The van der Waals surface area contributed by atoms with E-state index in [4.69, 9.17) is 9.57 Å². The lowest BCUT2D eigenvalue weighted by Gasteiger charge is -2.14. The molecule has 0 aliphatic carbocycles. The van der Waals surface area contributed by atoms with Crippen molar-refractivity contribution in [2.75, 3.05) is 0 Å². The number of aryl methyl sites for hydroxylation is 1. The van der Waals surface area contributed by atoms with Gasteiger partial charge in [0.1, 0.15) is 16.1 Å². The van der Waals surface area contributed by atoms with Gasteiger partial charge in [0.05, 0.1) is 11.3 Å². The fraction of sp³-hybridized carbons (Fsp3) is 0.250. The summed E-state index contributed by atoms with van der Waals surface area (Å²) in [6.07, 6.45) is -2.51. The summed E-state index contributed by atoms with van der Waals surface area (Å²) < 4.78 is 44.7. The molecule has 2 aromatic rings. The van der Waals surface area contributed by atoms with E-state index in [0.717, 1.165) is 17.7 Å². The van der Waals surface area contributed by atoms with Gasteiger partial charge in [-0.3, -0.25) is 4.98 Å². The number of aromatic nitrogens is 1. The Balaban J connectivity index is 1.85. The van der Waals surface area contributed by atoms with Crippen LogP contribution in [0.2, 0.25) is 0 Å². The standard InChI is InChI=1S/C16H12BrF3N2O2/c1-9-13(5-10(8-21-9)14-7-15(17)22-24-14)23-12-4-2-3-11(6-12)16(18,19)20/h2-6,8,14H,7H2,1H3. The van der Waals surface area contributed by atoms with Gasteiger partial charge in [0.2, 0.25) is 0 Å². The van der Waals surface area contributed by atoms with Crippen molar-refractivity contribution in [2.24, 2.45) is 5.16 Å². The van der Waals surface area contributed by atoms with Gasteiger partial charge in [-0.05, 0) is 47.1 Å². The maximum absolute atomic E-state index is 12.8. The summed E-state index contributed by atoms with van der Waals surface area (Å²) in [7, 11) is 0. The summed E-state index contributed by atoms with van der Waals surface area (Å²) in [4.78, 5) is 9.48. The predicted octanol–water partition coefficient (Wildman–Crippen LogP) is 5.37. The number of ether oxygens (including phenoxy) is 1. The lowest BCUT2D eigenvalue weighted by atomic mass is 10.1. The van der Waals surface area contributed by atoms with E-state index in [1.54, 1.807) is 19.2 Å². The van der Waals surface area contributed by atoms with Crippen LogP contribution in [0.4, 0.5) is 13.2 Å². The quantitative estimate of drug-likeness (QED) is 0.695. The first-order valence-corrected chi connectivity index (χ1v) is 7.82. The Labute approximate surface area is 144 Å². The monoisotopic (exact) mass is 400 g/mol. The SMILES string of the molecule is Cc1ncc(C2CC(Br)=NO2)cc1Oc1cccc(C(F)(F)F)c1. The van der Waals surface area contributed by atoms with Gasteiger partial charge in [0.25, 0.3) is 0 Å². The number of halogens is 4. The van der Waals surface area contributed by atoms with E-state index in [1.165, 1.54) is 12.1 Å². The Kier molecular flexibility index (Phi) is 4.49. The molecule has 3 rings (SSSR count). The average molecular weight is 401 g/mol. The van der Waals surface area contributed by atoms with E-state index in [1.807, 2.05) is 0 Å². The van der Waals surface area contributed by atoms with Crippen molar-refractivity contribution in [1.29, 1.82) is 0 Å². The van der Waals surface area contributed by atoms with Gasteiger partial charge < -0.3 is 9.57 Å². The number of nitrogens with zero attached hydrogens (tertiary/aromatic N) is 2. The zero-order chi connectivity index (χ0) is 17.3. The Morgan fingerprint density at radius 3 is 2.75 bits per heavy atom. The maximum atomic E-state index is 12.8. The van der Waals surface area contributed by atoms with E-state index in [2.05, 4.69) is 26.1 Å². The summed E-state index contributed by atoms with van der Waals surface area (Å²) in [5, 5.41) is 3.81. The number of rotatable bonds is 3. The van der Waals surface area contributed by atoms with Gasteiger partial charge in [-0.25, -0.2) is 0 Å². The summed E-state index contributed by atoms with van der Waals surface area (Å²) in [6.45, 7) is 1.72. The molecule has 0 radical (unpaired) electrons. The van der Waals surface area contributed by atoms with E-state index in [9.17, 15) is 13.2 Å². The lowest BCUT2D eigenvalue weighted by Crippen LogP contribution is -2.05. The largest absolute Gasteiger partial charge is 0.455 e. The van der Waals surface area contributed by atoms with Gasteiger partial charge in [-0.15, -0.1) is 0 Å². The molecule has 2 heterocycles. The van der Waals surface area contributed by atoms with Crippen LogP contribution in [-0.2, 0) is 11.0 Å². The third-order valence-corrected chi connectivity index (χ3v) is 3.92. The van der Waals surface area contributed by atoms with Crippen LogP contribution in [0.25, 0.3) is 0 Å². The van der Waals surface area contributed by atoms with E-state index in [0.29, 0.717) is 22.5 Å². The average Bonchev–Trinajstić information content (AvgIpc) is 2.95. The normalized spacial score (nSPS) is 17.4. The fourth-order valence-electron chi connectivity index (χ4n) is 2.20. The van der Waals surface area contributed by atoms with Crippen molar-refractivity contribution in [3.8, 4) is 11.5 Å². The summed E-state index contributed by atoms with van der Waals surface area (Å²) in [6, 6.07) is 6.42. The van der Waals surface area contributed by atoms with Crippen molar-refractivity contribution >= 4 is 20.6 Å². The first kappa shape index (κ1) is 16.8. The molecule has 4 nitrogen and oxygen atoms in total. The van der Waals surface area contributed by atoms with Gasteiger partial charge in [-0.2, -0.15) is 13.2 Å². The summed E-state index contributed by atoms with van der Waals surface area (Å²) >= 11 is 3.26.